The van der Waals surface area contributed by atoms with Crippen LogP contribution in [0.4, 0.5) is 13.2 Å². The highest BCUT2D eigenvalue weighted by atomic mass is 19.4. The molecule has 0 aliphatic carbocycles. The maximum Gasteiger partial charge on any atom is 0.494 e. The van der Waals surface area contributed by atoms with Crippen LogP contribution in [0, 0.1) is 0 Å². The molecule has 2 rings (SSSR count). The van der Waals surface area contributed by atoms with Crippen LogP contribution in [-0.2, 0) is 15.5 Å². The van der Waals surface area contributed by atoms with Crippen molar-refractivity contribution < 1.29 is 27.3 Å². The number of amides is 1. The molecule has 0 atom stereocenters. The van der Waals surface area contributed by atoms with Gasteiger partial charge in [0.15, 0.2) is 0 Å². The van der Waals surface area contributed by atoms with Crippen molar-refractivity contribution in [2.75, 3.05) is 14.1 Å². The van der Waals surface area contributed by atoms with Gasteiger partial charge < -0.3 is 14.2 Å². The van der Waals surface area contributed by atoms with Crippen LogP contribution in [0.5, 0.6) is 0 Å². The summed E-state index contributed by atoms with van der Waals surface area (Å²) in [5, 5.41) is 0. The fourth-order valence-corrected chi connectivity index (χ4v) is 2.31. The highest BCUT2D eigenvalue weighted by Gasteiger charge is 2.52. The van der Waals surface area contributed by atoms with E-state index in [0.717, 1.165) is 12.1 Å². The van der Waals surface area contributed by atoms with Crippen molar-refractivity contribution in [3.8, 4) is 0 Å². The molecule has 4 nitrogen and oxygen atoms in total. The van der Waals surface area contributed by atoms with Crippen molar-refractivity contribution in [2.45, 2.75) is 45.1 Å². The van der Waals surface area contributed by atoms with Gasteiger partial charge in [-0.2, -0.15) is 13.2 Å². The smallest absolute Gasteiger partial charge is 0.399 e. The van der Waals surface area contributed by atoms with Gasteiger partial charge in [0.05, 0.1) is 16.8 Å². The molecule has 1 aliphatic rings. The third-order valence-electron chi connectivity index (χ3n) is 4.46. The predicted octanol–water partition coefficient (Wildman–Crippen LogP) is 2.71. The van der Waals surface area contributed by atoms with Crippen molar-refractivity contribution in [2.24, 2.45) is 0 Å². The average molecular weight is 343 g/mol. The van der Waals surface area contributed by atoms with E-state index in [0.29, 0.717) is 0 Å². The second-order valence-electron chi connectivity index (χ2n) is 7.13. The van der Waals surface area contributed by atoms with Crippen LogP contribution in [0.2, 0.25) is 0 Å². The van der Waals surface area contributed by atoms with Crippen molar-refractivity contribution in [3.05, 3.63) is 29.3 Å². The molecule has 0 unspecified atom stereocenters. The molecule has 0 radical (unpaired) electrons. The number of hydrogen-bond acceptors (Lipinski definition) is 3. The maximum atomic E-state index is 13.2. The minimum atomic E-state index is -4.57. The van der Waals surface area contributed by atoms with Crippen LogP contribution in [0.15, 0.2) is 18.2 Å². The summed E-state index contributed by atoms with van der Waals surface area (Å²) in [4.78, 5) is 13.3. The maximum absolute atomic E-state index is 13.2. The molecule has 0 N–H and O–H groups in total. The minimum Gasteiger partial charge on any atom is -0.399 e. The average Bonchev–Trinajstić information content (AvgIpc) is 2.65. The Morgan fingerprint density at radius 1 is 1.04 bits per heavy atom. The Bertz CT molecular complexity index is 640. The summed E-state index contributed by atoms with van der Waals surface area (Å²) in [5.74, 6) is -0.515. The Morgan fingerprint density at radius 2 is 1.54 bits per heavy atom. The van der Waals surface area contributed by atoms with Gasteiger partial charge in [-0.15, -0.1) is 0 Å². The summed E-state index contributed by atoms with van der Waals surface area (Å²) in [6.07, 6.45) is -4.57. The summed E-state index contributed by atoms with van der Waals surface area (Å²) in [7, 11) is 2.00. The number of carbonyl (C=O) groups excluding carboxylic acids is 1. The van der Waals surface area contributed by atoms with Gasteiger partial charge in [0, 0.05) is 19.7 Å². The Labute approximate surface area is 140 Å². The molecule has 1 aromatic rings. The van der Waals surface area contributed by atoms with E-state index in [1.54, 1.807) is 0 Å². The zero-order chi connectivity index (χ0) is 18.5. The summed E-state index contributed by atoms with van der Waals surface area (Å²) < 4.78 is 51.2. The van der Waals surface area contributed by atoms with Crippen molar-refractivity contribution in [1.82, 2.24) is 4.90 Å². The van der Waals surface area contributed by atoms with Crippen LogP contribution in [0.3, 0.4) is 0 Å². The standard InChI is InChI=1S/C16H21BF3NO3/c1-14(2)15(3,4)24-17(23-14)12-8-10(13(22)21(5)6)7-11(9-12)16(18,19)20/h7-9H,1-6H3. The Hall–Kier alpha value is -1.54. The van der Waals surface area contributed by atoms with Crippen LogP contribution in [0.1, 0.15) is 43.6 Å². The van der Waals surface area contributed by atoms with Gasteiger partial charge in [-0.1, -0.05) is 6.07 Å². The van der Waals surface area contributed by atoms with Gasteiger partial charge in [0.1, 0.15) is 0 Å². The van der Waals surface area contributed by atoms with Gasteiger partial charge in [-0.05, 0) is 45.3 Å². The van der Waals surface area contributed by atoms with Crippen LogP contribution in [0.25, 0.3) is 0 Å². The Morgan fingerprint density at radius 3 is 1.96 bits per heavy atom. The lowest BCUT2D eigenvalue weighted by molar-refractivity contribution is -0.137. The largest absolute Gasteiger partial charge is 0.494 e. The van der Waals surface area contributed by atoms with E-state index < -0.39 is 36.0 Å². The SMILES string of the molecule is CN(C)C(=O)c1cc(B2OC(C)(C)C(C)(C)O2)cc(C(F)(F)F)c1. The number of rotatable bonds is 2. The summed E-state index contributed by atoms with van der Waals surface area (Å²) in [6, 6.07) is 3.20. The first-order valence-corrected chi connectivity index (χ1v) is 7.54. The third kappa shape index (κ3) is 3.44. The molecular weight excluding hydrogens is 322 g/mol. The van der Waals surface area contributed by atoms with Crippen molar-refractivity contribution in [3.63, 3.8) is 0 Å². The summed E-state index contributed by atoms with van der Waals surface area (Å²) in [6.45, 7) is 7.25. The molecule has 0 spiro atoms. The summed E-state index contributed by atoms with van der Waals surface area (Å²) >= 11 is 0. The van der Waals surface area contributed by atoms with E-state index in [1.807, 2.05) is 27.7 Å². The molecule has 1 fully saturated rings. The van der Waals surface area contributed by atoms with Gasteiger partial charge in [0.2, 0.25) is 0 Å². The van der Waals surface area contributed by atoms with E-state index in [1.165, 1.54) is 25.1 Å². The number of carbonyl (C=O) groups is 1. The first-order chi connectivity index (χ1) is 10.7. The molecular formula is C16H21BF3NO3. The van der Waals surface area contributed by atoms with Gasteiger partial charge in [-0.25, -0.2) is 0 Å². The lowest BCUT2D eigenvalue weighted by atomic mass is 9.77. The van der Waals surface area contributed by atoms with Crippen molar-refractivity contribution in [1.29, 1.82) is 0 Å². The monoisotopic (exact) mass is 343 g/mol. The molecule has 0 aromatic heterocycles. The number of nitrogens with zero attached hydrogens (tertiary/aromatic N) is 1. The normalized spacial score (nSPS) is 19.5. The Kier molecular flexibility index (Phi) is 4.52. The molecule has 132 valence electrons. The number of alkyl halides is 3. The van der Waals surface area contributed by atoms with Crippen molar-refractivity contribution >= 4 is 18.5 Å². The molecule has 1 heterocycles. The van der Waals surface area contributed by atoms with E-state index in [2.05, 4.69) is 0 Å². The lowest BCUT2D eigenvalue weighted by Gasteiger charge is -2.32. The lowest BCUT2D eigenvalue weighted by Crippen LogP contribution is -2.41. The molecule has 0 saturated carbocycles. The predicted molar refractivity (Wildman–Crippen MR) is 85.2 cm³/mol. The fraction of sp³-hybridized carbons (Fsp3) is 0.562. The molecule has 1 saturated heterocycles. The van der Waals surface area contributed by atoms with Gasteiger partial charge in [-0.3, -0.25) is 4.79 Å². The van der Waals surface area contributed by atoms with E-state index >= 15 is 0 Å². The van der Waals surface area contributed by atoms with Crippen LogP contribution < -0.4 is 5.46 Å². The van der Waals surface area contributed by atoms with Crippen LogP contribution >= 0.6 is 0 Å². The fourth-order valence-electron chi connectivity index (χ4n) is 2.31. The number of hydrogen-bond donors (Lipinski definition) is 0. The molecule has 1 aromatic carbocycles. The molecule has 24 heavy (non-hydrogen) atoms. The van der Waals surface area contributed by atoms with Crippen LogP contribution in [-0.4, -0.2) is 43.2 Å². The zero-order valence-corrected chi connectivity index (χ0v) is 14.6. The molecule has 8 heteroatoms. The first-order valence-electron chi connectivity index (χ1n) is 7.54. The van der Waals surface area contributed by atoms with E-state index in [-0.39, 0.29) is 11.0 Å². The second kappa shape index (κ2) is 5.77. The highest BCUT2D eigenvalue weighted by Crippen LogP contribution is 2.37. The molecule has 1 amide bonds. The van der Waals surface area contributed by atoms with E-state index in [9.17, 15) is 18.0 Å². The minimum absolute atomic E-state index is 0.0560. The summed E-state index contributed by atoms with van der Waals surface area (Å²) in [5.41, 5.74) is -2.15. The zero-order valence-electron chi connectivity index (χ0n) is 14.6. The first kappa shape index (κ1) is 18.8. The topological polar surface area (TPSA) is 38.8 Å². The molecule has 0 bridgehead atoms. The Balaban J connectivity index is 2.51. The number of benzene rings is 1. The molecule has 1 aliphatic heterocycles. The van der Waals surface area contributed by atoms with E-state index in [4.69, 9.17) is 9.31 Å². The quantitative estimate of drug-likeness (QED) is 0.775. The second-order valence-corrected chi connectivity index (χ2v) is 7.13. The van der Waals surface area contributed by atoms with Gasteiger partial charge in [0.25, 0.3) is 5.91 Å². The third-order valence-corrected chi connectivity index (χ3v) is 4.46. The number of halogens is 3. The highest BCUT2D eigenvalue weighted by molar-refractivity contribution is 6.62. The van der Waals surface area contributed by atoms with Gasteiger partial charge >= 0.3 is 13.3 Å².